The molecule has 1 aromatic carbocycles. The number of nitrogens with one attached hydrogen (secondary N) is 1. The molecule has 174 valence electrons. The summed E-state index contributed by atoms with van der Waals surface area (Å²) in [7, 11) is -2.40. The molecule has 1 aromatic heterocycles. The number of ether oxygens (including phenoxy) is 2. The highest BCUT2D eigenvalue weighted by Gasteiger charge is 2.31. The number of halogens is 3. The molecule has 1 saturated heterocycles. The smallest absolute Gasteiger partial charge is 0.417 e. The molecule has 2 heterocycles. The molecule has 0 saturated carbocycles. The van der Waals surface area contributed by atoms with Gasteiger partial charge in [-0.3, -0.25) is 4.79 Å². The fraction of sp³-hybridized carbons (Fsp3) is 0.368. The van der Waals surface area contributed by atoms with E-state index in [2.05, 4.69) is 10.3 Å². The number of sulfonamides is 1. The molecular formula is C19H20F3N3O5S2. The maximum atomic E-state index is 12.9. The van der Waals surface area contributed by atoms with Crippen LogP contribution < -0.4 is 10.1 Å². The zero-order valence-corrected chi connectivity index (χ0v) is 18.5. The van der Waals surface area contributed by atoms with E-state index in [0.717, 1.165) is 17.8 Å². The lowest BCUT2D eigenvalue weighted by atomic mass is 10.3. The third-order valence-electron chi connectivity index (χ3n) is 4.47. The number of alkyl halides is 3. The number of nitrogens with zero attached hydrogens (tertiary/aromatic N) is 2. The van der Waals surface area contributed by atoms with Crippen molar-refractivity contribution in [2.75, 3.05) is 44.5 Å². The molecule has 0 spiro atoms. The van der Waals surface area contributed by atoms with E-state index >= 15 is 0 Å². The Bertz CT molecular complexity index is 1060. The Hall–Kier alpha value is -2.35. The van der Waals surface area contributed by atoms with Crippen LogP contribution in [0.3, 0.4) is 0 Å². The Morgan fingerprint density at radius 1 is 1.25 bits per heavy atom. The Balaban J connectivity index is 1.69. The number of morpholine rings is 1. The molecule has 1 N–H and O–H groups in total. The largest absolute Gasteiger partial charge is 0.495 e. The summed E-state index contributed by atoms with van der Waals surface area (Å²) < 4.78 is 75.2. The number of pyridine rings is 1. The summed E-state index contributed by atoms with van der Waals surface area (Å²) in [5.41, 5.74) is -0.720. The van der Waals surface area contributed by atoms with E-state index in [-0.39, 0.29) is 40.2 Å². The first kappa shape index (κ1) is 24.3. The fourth-order valence-electron chi connectivity index (χ4n) is 2.84. The zero-order chi connectivity index (χ0) is 23.4. The Morgan fingerprint density at radius 3 is 2.56 bits per heavy atom. The average Bonchev–Trinajstić information content (AvgIpc) is 2.78. The molecule has 1 aliphatic heterocycles. The Kier molecular flexibility index (Phi) is 7.64. The summed E-state index contributed by atoms with van der Waals surface area (Å²) in [4.78, 5) is 16.1. The van der Waals surface area contributed by atoms with Crippen LogP contribution in [0.2, 0.25) is 0 Å². The minimum Gasteiger partial charge on any atom is -0.495 e. The van der Waals surface area contributed by atoms with Crippen molar-refractivity contribution in [3.63, 3.8) is 0 Å². The van der Waals surface area contributed by atoms with Crippen molar-refractivity contribution in [2.45, 2.75) is 16.1 Å². The van der Waals surface area contributed by atoms with Gasteiger partial charge in [0.2, 0.25) is 15.9 Å². The summed E-state index contributed by atoms with van der Waals surface area (Å²) in [6.45, 7) is 1.06. The number of thioether (sulfide) groups is 1. The SMILES string of the molecule is COc1ccc(S(=O)(=O)N2CCOCC2)cc1NC(=O)CSc1ccc(C(F)(F)F)cn1. The Labute approximate surface area is 187 Å². The lowest BCUT2D eigenvalue weighted by Crippen LogP contribution is -2.40. The van der Waals surface area contributed by atoms with Gasteiger partial charge in [-0.15, -0.1) is 0 Å². The molecule has 1 amide bonds. The molecule has 13 heteroatoms. The minimum absolute atomic E-state index is 0.00689. The summed E-state index contributed by atoms with van der Waals surface area (Å²) >= 11 is 0.941. The number of hydrogen-bond donors (Lipinski definition) is 1. The van der Waals surface area contributed by atoms with Crippen LogP contribution in [-0.4, -0.2) is 62.8 Å². The van der Waals surface area contributed by atoms with Gasteiger partial charge in [-0.2, -0.15) is 17.5 Å². The second-order valence-corrected chi connectivity index (χ2v) is 9.53. The number of carbonyl (C=O) groups is 1. The number of carbonyl (C=O) groups excluding carboxylic acids is 1. The van der Waals surface area contributed by atoms with E-state index in [1.165, 1.54) is 35.7 Å². The summed E-state index contributed by atoms with van der Waals surface area (Å²) in [6.07, 6.45) is -3.79. The van der Waals surface area contributed by atoms with Crippen molar-refractivity contribution in [3.8, 4) is 5.75 Å². The van der Waals surface area contributed by atoms with Crippen molar-refractivity contribution in [2.24, 2.45) is 0 Å². The second kappa shape index (κ2) is 10.1. The van der Waals surface area contributed by atoms with Gasteiger partial charge in [0.25, 0.3) is 0 Å². The van der Waals surface area contributed by atoms with E-state index in [0.29, 0.717) is 19.4 Å². The number of aromatic nitrogens is 1. The highest BCUT2D eigenvalue weighted by atomic mass is 32.2. The number of rotatable bonds is 7. The molecule has 1 aliphatic rings. The van der Waals surface area contributed by atoms with Crippen molar-refractivity contribution in [1.29, 1.82) is 0 Å². The van der Waals surface area contributed by atoms with Crippen LogP contribution >= 0.6 is 11.8 Å². The quantitative estimate of drug-likeness (QED) is 0.595. The molecule has 3 rings (SSSR count). The number of amides is 1. The Morgan fingerprint density at radius 2 is 1.97 bits per heavy atom. The molecule has 32 heavy (non-hydrogen) atoms. The first-order valence-electron chi connectivity index (χ1n) is 9.33. The fourth-order valence-corrected chi connectivity index (χ4v) is 4.92. The van der Waals surface area contributed by atoms with E-state index in [1.54, 1.807) is 0 Å². The molecule has 0 unspecified atom stereocenters. The number of anilines is 1. The monoisotopic (exact) mass is 491 g/mol. The molecule has 1 fully saturated rings. The van der Waals surface area contributed by atoms with Crippen LogP contribution in [0.5, 0.6) is 5.75 Å². The van der Waals surface area contributed by atoms with Gasteiger partial charge in [0.1, 0.15) is 5.75 Å². The van der Waals surface area contributed by atoms with Crippen molar-refractivity contribution < 1.29 is 35.9 Å². The predicted octanol–water partition coefficient (Wildman–Crippen LogP) is 2.86. The van der Waals surface area contributed by atoms with Crippen molar-refractivity contribution in [3.05, 3.63) is 42.1 Å². The highest BCUT2D eigenvalue weighted by Crippen LogP contribution is 2.31. The van der Waals surface area contributed by atoms with Gasteiger partial charge < -0.3 is 14.8 Å². The predicted molar refractivity (Wildman–Crippen MR) is 111 cm³/mol. The molecule has 0 atom stereocenters. The van der Waals surface area contributed by atoms with E-state index in [1.807, 2.05) is 0 Å². The van der Waals surface area contributed by atoms with Gasteiger partial charge in [0.05, 0.1) is 47.2 Å². The van der Waals surface area contributed by atoms with Crippen LogP contribution in [0.15, 0.2) is 46.5 Å². The molecular weight excluding hydrogens is 471 g/mol. The zero-order valence-electron chi connectivity index (χ0n) is 16.9. The molecule has 2 aromatic rings. The van der Waals surface area contributed by atoms with Gasteiger partial charge in [-0.05, 0) is 30.3 Å². The summed E-state index contributed by atoms with van der Waals surface area (Å²) in [5.74, 6) is -0.394. The van der Waals surface area contributed by atoms with E-state index in [4.69, 9.17) is 9.47 Å². The third-order valence-corrected chi connectivity index (χ3v) is 7.31. The van der Waals surface area contributed by atoms with Crippen LogP contribution in [0, 0.1) is 0 Å². The molecule has 0 aliphatic carbocycles. The summed E-state index contributed by atoms with van der Waals surface area (Å²) in [5, 5.41) is 2.82. The van der Waals surface area contributed by atoms with Gasteiger partial charge in [0, 0.05) is 19.3 Å². The number of methoxy groups -OCH3 is 1. The summed E-state index contributed by atoms with van der Waals surface area (Å²) in [6, 6.07) is 6.20. The van der Waals surface area contributed by atoms with Crippen LogP contribution in [-0.2, 0) is 25.7 Å². The van der Waals surface area contributed by atoms with Crippen LogP contribution in [0.1, 0.15) is 5.56 Å². The van der Waals surface area contributed by atoms with Gasteiger partial charge >= 0.3 is 6.18 Å². The maximum absolute atomic E-state index is 12.9. The van der Waals surface area contributed by atoms with Crippen molar-refractivity contribution >= 4 is 33.4 Å². The first-order chi connectivity index (χ1) is 15.1. The molecule has 0 radical (unpaired) electrons. The minimum atomic E-state index is -4.49. The lowest BCUT2D eigenvalue weighted by Gasteiger charge is -2.26. The molecule has 8 nitrogen and oxygen atoms in total. The van der Waals surface area contributed by atoms with Crippen LogP contribution in [0.4, 0.5) is 18.9 Å². The van der Waals surface area contributed by atoms with Crippen LogP contribution in [0.25, 0.3) is 0 Å². The maximum Gasteiger partial charge on any atom is 0.417 e. The van der Waals surface area contributed by atoms with Gasteiger partial charge in [-0.25, -0.2) is 13.4 Å². The van der Waals surface area contributed by atoms with Crippen molar-refractivity contribution in [1.82, 2.24) is 9.29 Å². The van der Waals surface area contributed by atoms with E-state index in [9.17, 15) is 26.4 Å². The average molecular weight is 492 g/mol. The lowest BCUT2D eigenvalue weighted by molar-refractivity contribution is -0.137. The highest BCUT2D eigenvalue weighted by molar-refractivity contribution is 7.99. The normalized spacial score (nSPS) is 15.4. The topological polar surface area (TPSA) is 97.8 Å². The number of benzene rings is 1. The molecule has 0 bridgehead atoms. The van der Waals surface area contributed by atoms with E-state index < -0.39 is 27.7 Å². The first-order valence-corrected chi connectivity index (χ1v) is 11.8. The van der Waals surface area contributed by atoms with Gasteiger partial charge in [0.15, 0.2) is 0 Å². The van der Waals surface area contributed by atoms with Gasteiger partial charge in [-0.1, -0.05) is 11.8 Å². The second-order valence-electron chi connectivity index (χ2n) is 6.60. The third kappa shape index (κ3) is 5.91. The number of hydrogen-bond acceptors (Lipinski definition) is 7. The standard InChI is InChI=1S/C19H20F3N3O5S2/c1-29-16-4-3-14(32(27,28)25-6-8-30-9-7-25)10-15(16)24-17(26)12-31-18-5-2-13(11-23-18)19(20,21)22/h2-5,10-11H,6-9,12H2,1H3,(H,24,26).